The van der Waals surface area contributed by atoms with Gasteiger partial charge in [-0.15, -0.1) is 0 Å². The number of rotatable bonds is 3. The Kier molecular flexibility index (Phi) is 5.23. The average Bonchev–Trinajstić information content (AvgIpc) is 3.85. The average molecular weight is 649 g/mol. The highest BCUT2D eigenvalue weighted by atomic mass is 16.3. The van der Waals surface area contributed by atoms with E-state index in [9.17, 15) is 0 Å². The van der Waals surface area contributed by atoms with Gasteiger partial charge in [-0.2, -0.15) is 0 Å². The van der Waals surface area contributed by atoms with Crippen molar-refractivity contribution in [3.63, 3.8) is 0 Å². The first-order valence-corrected chi connectivity index (χ1v) is 17.5. The molecule has 12 aromatic rings. The van der Waals surface area contributed by atoms with Gasteiger partial charge >= 0.3 is 0 Å². The lowest BCUT2D eigenvalue weighted by atomic mass is 9.94. The second kappa shape index (κ2) is 9.87. The summed E-state index contributed by atoms with van der Waals surface area (Å²) in [6, 6.07) is 61.8. The van der Waals surface area contributed by atoms with Crippen molar-refractivity contribution >= 4 is 109 Å². The van der Waals surface area contributed by atoms with Gasteiger partial charge in [-0.1, -0.05) is 115 Å². The molecule has 51 heavy (non-hydrogen) atoms. The van der Waals surface area contributed by atoms with Crippen molar-refractivity contribution in [1.29, 1.82) is 0 Å². The maximum Gasteiger partial charge on any atom is 0.137 e. The molecule has 9 aromatic carbocycles. The molecule has 0 radical (unpaired) electrons. The first-order valence-electron chi connectivity index (χ1n) is 17.5. The van der Waals surface area contributed by atoms with E-state index in [-0.39, 0.29) is 0 Å². The minimum atomic E-state index is 0.878. The van der Waals surface area contributed by atoms with E-state index in [0.29, 0.717) is 0 Å². The Balaban J connectivity index is 1.22. The summed E-state index contributed by atoms with van der Waals surface area (Å²) in [6.45, 7) is 0. The van der Waals surface area contributed by atoms with Crippen LogP contribution in [0.1, 0.15) is 0 Å². The van der Waals surface area contributed by atoms with Crippen LogP contribution < -0.4 is 4.90 Å². The minimum Gasteiger partial charge on any atom is -0.456 e. The summed E-state index contributed by atoms with van der Waals surface area (Å²) in [5.74, 6) is 0. The maximum atomic E-state index is 6.49. The first-order chi connectivity index (χ1) is 25.3. The van der Waals surface area contributed by atoms with Crippen molar-refractivity contribution in [1.82, 2.24) is 4.40 Å². The number of nitrogens with zero attached hydrogens (tertiary/aromatic N) is 2. The number of hydrogen-bond acceptors (Lipinski definition) is 2. The molecule has 0 saturated heterocycles. The van der Waals surface area contributed by atoms with Crippen molar-refractivity contribution in [3.05, 3.63) is 170 Å². The summed E-state index contributed by atoms with van der Waals surface area (Å²) in [5.41, 5.74) is 8.76. The highest BCUT2D eigenvalue weighted by molar-refractivity contribution is 6.28. The molecule has 0 spiro atoms. The predicted octanol–water partition coefficient (Wildman–Crippen LogP) is 13.7. The Morgan fingerprint density at radius 3 is 1.57 bits per heavy atom. The predicted molar refractivity (Wildman–Crippen MR) is 216 cm³/mol. The van der Waals surface area contributed by atoms with Crippen molar-refractivity contribution in [2.75, 3.05) is 4.90 Å². The van der Waals surface area contributed by atoms with E-state index in [4.69, 9.17) is 4.42 Å². The van der Waals surface area contributed by atoms with Crippen LogP contribution in [-0.2, 0) is 0 Å². The standard InChI is InChI=1S/C48H28N2O/c1-2-13-33-31(11-1)32-12-3-4-14-34(32)41-27-29(21-23-35(33)41)49(30-22-24-38-37-16-7-10-20-45(37)51-46(38)28-30)44-26-25-39-36-15-5-8-18-42(36)50-43-19-9-6-17-40(43)47(44)48(39)50/h1-28H. The number of anilines is 3. The molecule has 0 amide bonds. The van der Waals surface area contributed by atoms with Crippen LogP contribution in [0.25, 0.3) is 92.4 Å². The molecule has 236 valence electrons. The van der Waals surface area contributed by atoms with Gasteiger partial charge in [-0.05, 0) is 80.8 Å². The third-order valence-corrected chi connectivity index (χ3v) is 11.1. The third-order valence-electron chi connectivity index (χ3n) is 11.1. The van der Waals surface area contributed by atoms with Gasteiger partial charge in [0.2, 0.25) is 0 Å². The van der Waals surface area contributed by atoms with Crippen molar-refractivity contribution in [3.8, 4) is 0 Å². The lowest BCUT2D eigenvalue weighted by Gasteiger charge is -2.27. The fraction of sp³-hybridized carbons (Fsp3) is 0. The molecule has 0 aliphatic carbocycles. The normalized spacial score (nSPS) is 12.3. The van der Waals surface area contributed by atoms with Crippen LogP contribution in [0.5, 0.6) is 0 Å². The van der Waals surface area contributed by atoms with Gasteiger partial charge in [0.15, 0.2) is 0 Å². The molecular weight excluding hydrogens is 621 g/mol. The Labute approximate surface area is 292 Å². The molecule has 0 bridgehead atoms. The number of para-hydroxylation sites is 3. The molecule has 12 rings (SSSR count). The van der Waals surface area contributed by atoms with Crippen LogP contribution >= 0.6 is 0 Å². The van der Waals surface area contributed by atoms with Crippen LogP contribution in [0.15, 0.2) is 174 Å². The molecule has 3 nitrogen and oxygen atoms in total. The molecule has 0 aliphatic rings. The molecule has 0 atom stereocenters. The van der Waals surface area contributed by atoms with Gasteiger partial charge in [-0.3, -0.25) is 0 Å². The highest BCUT2D eigenvalue weighted by Gasteiger charge is 2.25. The van der Waals surface area contributed by atoms with Gasteiger partial charge in [0.25, 0.3) is 0 Å². The van der Waals surface area contributed by atoms with Crippen LogP contribution in [0, 0.1) is 0 Å². The minimum absolute atomic E-state index is 0.878. The Morgan fingerprint density at radius 1 is 0.353 bits per heavy atom. The fourth-order valence-electron chi connectivity index (χ4n) is 8.94. The van der Waals surface area contributed by atoms with E-state index in [1.807, 2.05) is 6.07 Å². The summed E-state index contributed by atoms with van der Waals surface area (Å²) in [6.07, 6.45) is 0. The second-order valence-corrected chi connectivity index (χ2v) is 13.7. The highest BCUT2D eigenvalue weighted by Crippen LogP contribution is 2.49. The lowest BCUT2D eigenvalue weighted by Crippen LogP contribution is -2.10. The zero-order valence-corrected chi connectivity index (χ0v) is 27.5. The smallest absolute Gasteiger partial charge is 0.137 e. The topological polar surface area (TPSA) is 20.8 Å². The summed E-state index contributed by atoms with van der Waals surface area (Å²) in [5, 5.41) is 14.9. The SMILES string of the molecule is c1ccc2c(c1)oc1cc(N(c3ccc4c5ccccc5c5ccccc5c4c3)c3ccc4c5ccccc5n5c6ccccc6c3c45)ccc12. The molecule has 3 heterocycles. The molecule has 3 heteroatoms. The molecule has 0 fully saturated rings. The van der Waals surface area contributed by atoms with E-state index in [0.717, 1.165) is 39.0 Å². The third kappa shape index (κ3) is 3.57. The number of fused-ring (bicyclic) bond motifs is 15. The quantitative estimate of drug-likeness (QED) is 0.178. The Hall–Kier alpha value is -6.84. The number of aromatic nitrogens is 1. The van der Waals surface area contributed by atoms with Crippen LogP contribution in [-0.4, -0.2) is 4.40 Å². The summed E-state index contributed by atoms with van der Waals surface area (Å²) < 4.78 is 8.95. The number of furan rings is 1. The molecule has 3 aromatic heterocycles. The molecular formula is C48H28N2O. The lowest BCUT2D eigenvalue weighted by molar-refractivity contribution is 0.669. The molecule has 0 saturated carbocycles. The van der Waals surface area contributed by atoms with E-state index in [1.165, 1.54) is 70.4 Å². The van der Waals surface area contributed by atoms with Crippen LogP contribution in [0.4, 0.5) is 17.1 Å². The number of hydrogen-bond donors (Lipinski definition) is 0. The van der Waals surface area contributed by atoms with Crippen LogP contribution in [0.2, 0.25) is 0 Å². The second-order valence-electron chi connectivity index (χ2n) is 13.7. The van der Waals surface area contributed by atoms with Crippen LogP contribution in [0.3, 0.4) is 0 Å². The zero-order chi connectivity index (χ0) is 33.2. The van der Waals surface area contributed by atoms with E-state index in [1.54, 1.807) is 0 Å². The molecule has 0 aliphatic heterocycles. The maximum absolute atomic E-state index is 6.49. The van der Waals surface area contributed by atoms with Gasteiger partial charge in [0.1, 0.15) is 11.2 Å². The summed E-state index contributed by atoms with van der Waals surface area (Å²) >= 11 is 0. The van der Waals surface area contributed by atoms with Gasteiger partial charge in [0.05, 0.1) is 22.2 Å². The van der Waals surface area contributed by atoms with Gasteiger partial charge < -0.3 is 13.7 Å². The van der Waals surface area contributed by atoms with Crippen molar-refractivity contribution < 1.29 is 4.42 Å². The van der Waals surface area contributed by atoms with E-state index in [2.05, 4.69) is 173 Å². The number of benzene rings is 9. The summed E-state index contributed by atoms with van der Waals surface area (Å²) in [4.78, 5) is 2.44. The van der Waals surface area contributed by atoms with E-state index < -0.39 is 0 Å². The summed E-state index contributed by atoms with van der Waals surface area (Å²) in [7, 11) is 0. The van der Waals surface area contributed by atoms with Crippen molar-refractivity contribution in [2.45, 2.75) is 0 Å². The monoisotopic (exact) mass is 648 g/mol. The fourth-order valence-corrected chi connectivity index (χ4v) is 8.94. The zero-order valence-electron chi connectivity index (χ0n) is 27.5. The first kappa shape index (κ1) is 27.0. The van der Waals surface area contributed by atoms with E-state index >= 15 is 0 Å². The Bertz CT molecular complexity index is 3350. The van der Waals surface area contributed by atoms with Gasteiger partial charge in [-0.25, -0.2) is 0 Å². The molecule has 0 unspecified atom stereocenters. The molecule has 0 N–H and O–H groups in total. The Morgan fingerprint density at radius 2 is 0.843 bits per heavy atom. The largest absolute Gasteiger partial charge is 0.456 e. The van der Waals surface area contributed by atoms with Gasteiger partial charge in [0, 0.05) is 49.8 Å². The van der Waals surface area contributed by atoms with Crippen molar-refractivity contribution in [2.24, 2.45) is 0 Å².